The third kappa shape index (κ3) is 8.51. The monoisotopic (exact) mass is 546 g/mol. The van der Waals surface area contributed by atoms with E-state index in [1.165, 1.54) is 25.7 Å². The molecule has 0 spiro atoms. The van der Waals surface area contributed by atoms with Crippen molar-refractivity contribution in [3.63, 3.8) is 0 Å². The molecule has 0 aliphatic rings. The number of nitrogens with zero attached hydrogens (tertiary/aromatic N) is 1. The molecule has 1 N–H and O–H groups in total. The van der Waals surface area contributed by atoms with Gasteiger partial charge in [0, 0.05) is 5.69 Å². The Morgan fingerprint density at radius 3 is 2.29 bits per heavy atom. The fourth-order valence-electron chi connectivity index (χ4n) is 3.01. The highest BCUT2D eigenvalue weighted by Crippen LogP contribution is 2.35. The standard InChI is InChI=1S/C25H28Br2N2O2/c1-3-4-5-6-7-8-13-31-24-22(26)15-19(16-23(24)27)14-20(17-28)25(30)29-21-11-9-18(2)10-12-21/h9-12,14-16H,3-8,13H2,1-2H3,(H,29,30)/b20-14-. The van der Waals surface area contributed by atoms with Gasteiger partial charge in [0.15, 0.2) is 0 Å². The summed E-state index contributed by atoms with van der Waals surface area (Å²) < 4.78 is 7.48. The Morgan fingerprint density at radius 2 is 1.68 bits per heavy atom. The van der Waals surface area contributed by atoms with E-state index < -0.39 is 5.91 Å². The molecule has 2 aromatic carbocycles. The van der Waals surface area contributed by atoms with Crippen molar-refractivity contribution in [1.29, 1.82) is 5.26 Å². The van der Waals surface area contributed by atoms with Crippen LogP contribution in [0, 0.1) is 18.3 Å². The molecule has 0 unspecified atom stereocenters. The first-order valence-electron chi connectivity index (χ1n) is 10.6. The summed E-state index contributed by atoms with van der Waals surface area (Å²) in [4.78, 5) is 12.5. The third-order valence-electron chi connectivity index (χ3n) is 4.75. The fraction of sp³-hybridized carbons (Fsp3) is 0.360. The number of halogens is 2. The highest BCUT2D eigenvalue weighted by Gasteiger charge is 2.12. The van der Waals surface area contributed by atoms with Crippen molar-refractivity contribution in [2.75, 3.05) is 11.9 Å². The minimum atomic E-state index is -0.443. The lowest BCUT2D eigenvalue weighted by molar-refractivity contribution is -0.112. The summed E-state index contributed by atoms with van der Waals surface area (Å²) >= 11 is 7.09. The number of carbonyl (C=O) groups excluding carboxylic acids is 1. The van der Waals surface area contributed by atoms with E-state index in [2.05, 4.69) is 44.1 Å². The second-order valence-electron chi connectivity index (χ2n) is 7.42. The molecule has 0 heterocycles. The number of ether oxygens (including phenoxy) is 1. The highest BCUT2D eigenvalue weighted by atomic mass is 79.9. The third-order valence-corrected chi connectivity index (χ3v) is 5.93. The normalized spacial score (nSPS) is 11.1. The number of amides is 1. The van der Waals surface area contributed by atoms with Crippen LogP contribution < -0.4 is 10.1 Å². The number of nitrogens with one attached hydrogen (secondary N) is 1. The summed E-state index contributed by atoms with van der Waals surface area (Å²) in [5, 5.41) is 12.2. The van der Waals surface area contributed by atoms with Crippen LogP contribution in [0.25, 0.3) is 6.08 Å². The van der Waals surface area contributed by atoms with Gasteiger partial charge in [0.25, 0.3) is 5.91 Å². The van der Waals surface area contributed by atoms with Crippen molar-refractivity contribution in [3.05, 3.63) is 62.0 Å². The number of carbonyl (C=O) groups is 1. The van der Waals surface area contributed by atoms with E-state index in [4.69, 9.17) is 4.74 Å². The van der Waals surface area contributed by atoms with Crippen LogP contribution in [0.15, 0.2) is 50.9 Å². The second-order valence-corrected chi connectivity index (χ2v) is 9.13. The Bertz CT molecular complexity index is 924. The smallest absolute Gasteiger partial charge is 0.266 e. The first kappa shape index (κ1) is 25.2. The molecule has 31 heavy (non-hydrogen) atoms. The Balaban J connectivity index is 2.01. The Labute approximate surface area is 201 Å². The first-order chi connectivity index (χ1) is 14.9. The largest absolute Gasteiger partial charge is 0.491 e. The molecule has 164 valence electrons. The van der Waals surface area contributed by atoms with E-state index in [0.29, 0.717) is 12.3 Å². The van der Waals surface area contributed by atoms with Gasteiger partial charge >= 0.3 is 0 Å². The number of anilines is 1. The molecule has 0 fully saturated rings. The lowest BCUT2D eigenvalue weighted by Gasteiger charge is -2.12. The average molecular weight is 548 g/mol. The summed E-state index contributed by atoms with van der Waals surface area (Å²) in [7, 11) is 0. The van der Waals surface area contributed by atoms with Gasteiger partial charge in [-0.25, -0.2) is 0 Å². The summed E-state index contributed by atoms with van der Waals surface area (Å²) in [6.45, 7) is 4.84. The summed E-state index contributed by atoms with van der Waals surface area (Å²) in [6.07, 6.45) is 8.81. The molecule has 0 aromatic heterocycles. The maximum atomic E-state index is 12.5. The molecule has 2 aromatic rings. The Morgan fingerprint density at radius 1 is 1.06 bits per heavy atom. The van der Waals surface area contributed by atoms with Crippen molar-refractivity contribution in [2.45, 2.75) is 52.4 Å². The van der Waals surface area contributed by atoms with Gasteiger partial charge in [0.2, 0.25) is 0 Å². The van der Waals surface area contributed by atoms with Gasteiger partial charge in [-0.05, 0) is 81.1 Å². The van der Waals surface area contributed by atoms with Crippen molar-refractivity contribution in [1.82, 2.24) is 0 Å². The SMILES string of the molecule is CCCCCCCCOc1c(Br)cc(/C=C(/C#N)C(=O)Nc2ccc(C)cc2)cc1Br. The van der Waals surface area contributed by atoms with Crippen molar-refractivity contribution in [2.24, 2.45) is 0 Å². The lowest BCUT2D eigenvalue weighted by Crippen LogP contribution is -2.13. The molecule has 4 nitrogen and oxygen atoms in total. The van der Waals surface area contributed by atoms with E-state index in [9.17, 15) is 10.1 Å². The predicted molar refractivity (Wildman–Crippen MR) is 134 cm³/mol. The van der Waals surface area contributed by atoms with Gasteiger partial charge in [-0.1, -0.05) is 56.7 Å². The van der Waals surface area contributed by atoms with Gasteiger partial charge in [-0.15, -0.1) is 0 Å². The minimum absolute atomic E-state index is 0.0279. The Hall–Kier alpha value is -2.10. The molecule has 1 amide bonds. The van der Waals surface area contributed by atoms with Gasteiger partial charge in [0.05, 0.1) is 15.6 Å². The van der Waals surface area contributed by atoms with Crippen LogP contribution >= 0.6 is 31.9 Å². The topological polar surface area (TPSA) is 62.1 Å². The average Bonchev–Trinajstić information content (AvgIpc) is 2.74. The van der Waals surface area contributed by atoms with Crippen molar-refractivity contribution < 1.29 is 9.53 Å². The zero-order chi connectivity index (χ0) is 22.6. The molecule has 2 rings (SSSR count). The molecule has 6 heteroatoms. The lowest BCUT2D eigenvalue weighted by atomic mass is 10.1. The molecule has 0 aliphatic heterocycles. The molecular formula is C25H28Br2N2O2. The highest BCUT2D eigenvalue weighted by molar-refractivity contribution is 9.11. The first-order valence-corrected chi connectivity index (χ1v) is 12.1. The maximum Gasteiger partial charge on any atom is 0.266 e. The summed E-state index contributed by atoms with van der Waals surface area (Å²) in [5.74, 6) is 0.287. The van der Waals surface area contributed by atoms with Gasteiger partial charge in [0.1, 0.15) is 17.4 Å². The zero-order valence-corrected chi connectivity index (χ0v) is 21.2. The molecule has 0 radical (unpaired) electrons. The van der Waals surface area contributed by atoms with Crippen LogP contribution in [0.4, 0.5) is 5.69 Å². The van der Waals surface area contributed by atoms with E-state index >= 15 is 0 Å². The number of hydrogen-bond acceptors (Lipinski definition) is 3. The van der Waals surface area contributed by atoms with Gasteiger partial charge in [-0.2, -0.15) is 5.26 Å². The predicted octanol–water partition coefficient (Wildman–Crippen LogP) is 7.81. The molecule has 0 atom stereocenters. The quantitative estimate of drug-likeness (QED) is 0.177. The molecule has 0 bridgehead atoms. The summed E-state index contributed by atoms with van der Waals surface area (Å²) in [6, 6.07) is 13.1. The number of aryl methyl sites for hydroxylation is 1. The van der Waals surface area contributed by atoms with E-state index in [-0.39, 0.29) is 5.57 Å². The van der Waals surface area contributed by atoms with E-state index in [1.54, 1.807) is 6.08 Å². The van der Waals surface area contributed by atoms with Gasteiger partial charge in [-0.3, -0.25) is 4.79 Å². The van der Waals surface area contributed by atoms with Crippen LogP contribution in [-0.2, 0) is 4.79 Å². The van der Waals surface area contributed by atoms with Crippen molar-refractivity contribution in [3.8, 4) is 11.8 Å². The van der Waals surface area contributed by atoms with Crippen molar-refractivity contribution >= 4 is 49.5 Å². The number of benzene rings is 2. The minimum Gasteiger partial charge on any atom is -0.491 e. The van der Waals surface area contributed by atoms with E-state index in [0.717, 1.165) is 38.7 Å². The fourth-order valence-corrected chi connectivity index (χ4v) is 4.46. The number of hydrogen-bond donors (Lipinski definition) is 1. The molecule has 0 saturated heterocycles. The number of unbranched alkanes of at least 4 members (excludes halogenated alkanes) is 5. The van der Waals surface area contributed by atoms with Crippen LogP contribution in [0.3, 0.4) is 0 Å². The molecule has 0 aliphatic carbocycles. The van der Waals surface area contributed by atoms with Crippen LogP contribution in [0.5, 0.6) is 5.75 Å². The molecular weight excluding hydrogens is 520 g/mol. The number of nitriles is 1. The van der Waals surface area contributed by atoms with Gasteiger partial charge < -0.3 is 10.1 Å². The zero-order valence-electron chi connectivity index (χ0n) is 18.0. The number of rotatable bonds is 11. The second kappa shape index (κ2) is 13.3. The Kier molecular flexibility index (Phi) is 10.8. The van der Waals surface area contributed by atoms with Crippen LogP contribution in [0.1, 0.15) is 56.6 Å². The maximum absolute atomic E-state index is 12.5. The molecule has 0 saturated carbocycles. The summed E-state index contributed by atoms with van der Waals surface area (Å²) in [5.41, 5.74) is 2.50. The van der Waals surface area contributed by atoms with E-state index in [1.807, 2.05) is 49.4 Å². The van der Waals surface area contributed by atoms with Crippen LogP contribution in [-0.4, -0.2) is 12.5 Å². The van der Waals surface area contributed by atoms with Crippen LogP contribution in [0.2, 0.25) is 0 Å².